The van der Waals surface area contributed by atoms with Crippen LogP contribution in [0.25, 0.3) is 10.9 Å². The Bertz CT molecular complexity index is 853. The maximum Gasteiger partial charge on any atom is 0.198 e. The number of nitrogens with one attached hydrogen (secondary N) is 1. The first-order valence-electron chi connectivity index (χ1n) is 6.35. The zero-order valence-electron chi connectivity index (χ0n) is 11.2. The van der Waals surface area contributed by atoms with Gasteiger partial charge in [-0.15, -0.1) is 0 Å². The molecule has 1 aromatic heterocycles. The van der Waals surface area contributed by atoms with Crippen molar-refractivity contribution in [2.24, 2.45) is 4.99 Å². The predicted octanol–water partition coefficient (Wildman–Crippen LogP) is 5.24. The number of rotatable bonds is 2. The molecule has 0 aliphatic carbocycles. The van der Waals surface area contributed by atoms with Crippen LogP contribution in [-0.4, -0.2) is 16.3 Å². The van der Waals surface area contributed by atoms with Crippen LogP contribution < -0.4 is 0 Å². The molecule has 2 aromatic carbocycles. The summed E-state index contributed by atoms with van der Waals surface area (Å²) in [4.78, 5) is 7.31. The molecular weight excluding hydrogens is 307 g/mol. The van der Waals surface area contributed by atoms with Crippen LogP contribution in [0.2, 0.25) is 10.0 Å². The number of aromatic amines is 1. The lowest BCUT2D eigenvalue weighted by Gasteiger charge is -2.00. The lowest BCUT2D eigenvalue weighted by atomic mass is 10.1. The fraction of sp³-hybridized carbons (Fsp3) is 0.0625. The van der Waals surface area contributed by atoms with E-state index in [1.54, 1.807) is 24.4 Å². The number of nitrogens with zero attached hydrogens (tertiary/aromatic N) is 1. The van der Waals surface area contributed by atoms with E-state index >= 15 is 0 Å². The number of benzene rings is 2. The summed E-state index contributed by atoms with van der Waals surface area (Å²) in [5.41, 5.74) is 3.18. The highest BCUT2D eigenvalue weighted by molar-refractivity contribution is 6.31. The molecule has 0 unspecified atom stereocenters. The summed E-state index contributed by atoms with van der Waals surface area (Å²) >= 11 is 12.0. The summed E-state index contributed by atoms with van der Waals surface area (Å²) in [5.74, 6) is 0.0655. The summed E-state index contributed by atoms with van der Waals surface area (Å²) < 4.78 is 0. The van der Waals surface area contributed by atoms with E-state index in [2.05, 4.69) is 9.98 Å². The van der Waals surface area contributed by atoms with Crippen molar-refractivity contribution in [3.8, 4) is 5.88 Å². The number of aryl methyl sites for hydroxylation is 1. The minimum atomic E-state index is 0.0655. The normalized spacial score (nSPS) is 11.6. The number of H-pyrrole nitrogens is 1. The summed E-state index contributed by atoms with van der Waals surface area (Å²) in [7, 11) is 0. The third-order valence-electron chi connectivity index (χ3n) is 3.28. The summed E-state index contributed by atoms with van der Waals surface area (Å²) in [6.45, 7) is 1.95. The quantitative estimate of drug-likeness (QED) is 0.624. The van der Waals surface area contributed by atoms with Crippen LogP contribution in [-0.2, 0) is 0 Å². The SMILES string of the molecule is Cc1ccc(Cl)cc1N=Cc1c(O)[nH]c2ccc(Cl)cc12. The van der Waals surface area contributed by atoms with Crippen molar-refractivity contribution in [3.05, 3.63) is 57.6 Å². The van der Waals surface area contributed by atoms with Gasteiger partial charge in [0.1, 0.15) is 0 Å². The predicted molar refractivity (Wildman–Crippen MR) is 88.4 cm³/mol. The second-order valence-corrected chi connectivity index (χ2v) is 5.64. The van der Waals surface area contributed by atoms with E-state index in [-0.39, 0.29) is 5.88 Å². The molecule has 0 fully saturated rings. The molecule has 1 heterocycles. The number of hydrogen-bond acceptors (Lipinski definition) is 2. The van der Waals surface area contributed by atoms with Crippen LogP contribution in [0.1, 0.15) is 11.1 Å². The molecule has 3 rings (SSSR count). The van der Waals surface area contributed by atoms with Gasteiger partial charge in [0, 0.05) is 27.2 Å². The molecule has 0 atom stereocenters. The number of aromatic hydroxyl groups is 1. The van der Waals surface area contributed by atoms with Crippen molar-refractivity contribution in [2.45, 2.75) is 6.92 Å². The number of hydrogen-bond donors (Lipinski definition) is 2. The number of aliphatic imine (C=N–C) groups is 1. The van der Waals surface area contributed by atoms with Gasteiger partial charge in [-0.1, -0.05) is 29.3 Å². The lowest BCUT2D eigenvalue weighted by Crippen LogP contribution is -1.81. The topological polar surface area (TPSA) is 48.4 Å². The van der Waals surface area contributed by atoms with E-state index in [1.165, 1.54) is 0 Å². The minimum Gasteiger partial charge on any atom is -0.494 e. The highest BCUT2D eigenvalue weighted by Gasteiger charge is 2.09. The van der Waals surface area contributed by atoms with Gasteiger partial charge in [-0.3, -0.25) is 4.99 Å². The molecule has 0 radical (unpaired) electrons. The number of halogens is 2. The highest BCUT2D eigenvalue weighted by atomic mass is 35.5. The Morgan fingerprint density at radius 3 is 2.62 bits per heavy atom. The fourth-order valence-electron chi connectivity index (χ4n) is 2.16. The first kappa shape index (κ1) is 14.0. The van der Waals surface area contributed by atoms with E-state index in [4.69, 9.17) is 23.2 Å². The van der Waals surface area contributed by atoms with Crippen molar-refractivity contribution in [1.29, 1.82) is 0 Å². The van der Waals surface area contributed by atoms with Crippen LogP contribution in [0.5, 0.6) is 5.88 Å². The summed E-state index contributed by atoms with van der Waals surface area (Å²) in [5, 5.41) is 12.1. The molecule has 106 valence electrons. The van der Waals surface area contributed by atoms with Crippen molar-refractivity contribution in [3.63, 3.8) is 0 Å². The molecule has 0 aliphatic heterocycles. The molecule has 3 nitrogen and oxygen atoms in total. The average molecular weight is 319 g/mol. The second kappa shape index (κ2) is 5.43. The summed E-state index contributed by atoms with van der Waals surface area (Å²) in [6, 6.07) is 10.9. The molecule has 21 heavy (non-hydrogen) atoms. The second-order valence-electron chi connectivity index (χ2n) is 4.77. The summed E-state index contributed by atoms with van der Waals surface area (Å²) in [6.07, 6.45) is 1.61. The average Bonchev–Trinajstić information content (AvgIpc) is 2.75. The first-order valence-corrected chi connectivity index (χ1v) is 7.10. The largest absolute Gasteiger partial charge is 0.494 e. The first-order chi connectivity index (χ1) is 10.0. The molecule has 0 saturated carbocycles. The number of aromatic nitrogens is 1. The molecule has 2 N–H and O–H groups in total. The van der Waals surface area contributed by atoms with Crippen LogP contribution in [0.3, 0.4) is 0 Å². The Balaban J connectivity index is 2.09. The van der Waals surface area contributed by atoms with Crippen LogP contribution in [0, 0.1) is 6.92 Å². The van der Waals surface area contributed by atoms with E-state index < -0.39 is 0 Å². The Labute approximate surface area is 131 Å². The Morgan fingerprint density at radius 1 is 1.10 bits per heavy atom. The minimum absolute atomic E-state index is 0.0655. The molecular formula is C16H12Cl2N2O. The molecule has 3 aromatic rings. The van der Waals surface area contributed by atoms with Gasteiger partial charge in [-0.05, 0) is 42.8 Å². The molecule has 5 heteroatoms. The van der Waals surface area contributed by atoms with E-state index in [0.29, 0.717) is 15.6 Å². The van der Waals surface area contributed by atoms with E-state index in [0.717, 1.165) is 22.2 Å². The Morgan fingerprint density at radius 2 is 1.81 bits per heavy atom. The lowest BCUT2D eigenvalue weighted by molar-refractivity contribution is 0.457. The van der Waals surface area contributed by atoms with Crippen molar-refractivity contribution in [1.82, 2.24) is 4.98 Å². The molecule has 0 spiro atoms. The molecule has 0 aliphatic rings. The van der Waals surface area contributed by atoms with Gasteiger partial charge in [-0.25, -0.2) is 0 Å². The third kappa shape index (κ3) is 2.75. The number of fused-ring (bicyclic) bond motifs is 1. The van der Waals surface area contributed by atoms with Gasteiger partial charge in [0.2, 0.25) is 0 Å². The Hall–Kier alpha value is -1.97. The van der Waals surface area contributed by atoms with Gasteiger partial charge in [0.05, 0.1) is 11.3 Å². The molecule has 0 saturated heterocycles. The molecule has 0 bridgehead atoms. The molecule has 0 amide bonds. The zero-order valence-corrected chi connectivity index (χ0v) is 12.7. The van der Waals surface area contributed by atoms with Crippen molar-refractivity contribution in [2.75, 3.05) is 0 Å². The van der Waals surface area contributed by atoms with Gasteiger partial charge in [-0.2, -0.15) is 0 Å². The van der Waals surface area contributed by atoms with Crippen LogP contribution >= 0.6 is 23.2 Å². The van der Waals surface area contributed by atoms with Gasteiger partial charge >= 0.3 is 0 Å². The Kier molecular flexibility index (Phi) is 3.62. The maximum atomic E-state index is 10.0. The highest BCUT2D eigenvalue weighted by Crippen LogP contribution is 2.29. The van der Waals surface area contributed by atoms with Gasteiger partial charge in [0.25, 0.3) is 0 Å². The van der Waals surface area contributed by atoms with Crippen LogP contribution in [0.4, 0.5) is 5.69 Å². The fourth-order valence-corrected chi connectivity index (χ4v) is 2.50. The van der Waals surface area contributed by atoms with Crippen LogP contribution in [0.15, 0.2) is 41.4 Å². The van der Waals surface area contributed by atoms with Gasteiger partial charge in [0.15, 0.2) is 5.88 Å². The van der Waals surface area contributed by atoms with Crippen molar-refractivity contribution < 1.29 is 5.11 Å². The maximum absolute atomic E-state index is 10.0. The van der Waals surface area contributed by atoms with Crippen molar-refractivity contribution >= 4 is 46.0 Å². The third-order valence-corrected chi connectivity index (χ3v) is 3.75. The zero-order chi connectivity index (χ0) is 15.0. The van der Waals surface area contributed by atoms with Gasteiger partial charge < -0.3 is 10.1 Å². The standard InChI is InChI=1S/C16H12Cl2N2O/c1-9-2-3-11(18)7-15(9)19-8-13-12-6-10(17)4-5-14(12)20-16(13)21/h2-8,20-21H,1H3. The van der Waals surface area contributed by atoms with E-state index in [1.807, 2.05) is 25.1 Å². The monoisotopic (exact) mass is 318 g/mol. The smallest absolute Gasteiger partial charge is 0.198 e. The van der Waals surface area contributed by atoms with E-state index in [9.17, 15) is 5.11 Å².